The molecule has 0 unspecified atom stereocenters. The van der Waals surface area contributed by atoms with Gasteiger partial charge in [-0.15, -0.1) is 0 Å². The smallest absolute Gasteiger partial charge is 0.248 e. The second kappa shape index (κ2) is 5.05. The van der Waals surface area contributed by atoms with Crippen LogP contribution in [0.3, 0.4) is 0 Å². The zero-order valence-corrected chi connectivity index (χ0v) is 10.7. The van der Waals surface area contributed by atoms with Gasteiger partial charge in [0.05, 0.1) is 0 Å². The first-order chi connectivity index (χ1) is 8.59. The van der Waals surface area contributed by atoms with Crippen LogP contribution < -0.4 is 5.73 Å². The van der Waals surface area contributed by atoms with Crippen molar-refractivity contribution in [2.24, 2.45) is 5.73 Å². The van der Waals surface area contributed by atoms with Gasteiger partial charge in [-0.1, -0.05) is 55.0 Å². The molecule has 92 valence electrons. The molecule has 0 fully saturated rings. The molecule has 2 nitrogen and oxygen atoms in total. The number of aryl methyl sites for hydroxylation is 1. The molecule has 0 bridgehead atoms. The number of hydrogen-bond donors (Lipinski definition) is 1. The molecule has 0 radical (unpaired) electrons. The van der Waals surface area contributed by atoms with E-state index in [1.165, 1.54) is 11.1 Å². The Balaban J connectivity index is 2.42. The molecule has 2 aromatic carbocycles. The summed E-state index contributed by atoms with van der Waals surface area (Å²) in [6, 6.07) is 15.9. The SMILES string of the molecule is Cc1ccc([C@H](C)c2ccccc2C(N)=O)cc1. The topological polar surface area (TPSA) is 43.1 Å². The lowest BCUT2D eigenvalue weighted by molar-refractivity contribution is 0.0999. The summed E-state index contributed by atoms with van der Waals surface area (Å²) in [5.74, 6) is -0.209. The van der Waals surface area contributed by atoms with Crippen molar-refractivity contribution in [3.8, 4) is 0 Å². The maximum atomic E-state index is 11.4. The maximum Gasteiger partial charge on any atom is 0.248 e. The first kappa shape index (κ1) is 12.4. The molecule has 0 heterocycles. The van der Waals surface area contributed by atoms with Gasteiger partial charge in [-0.25, -0.2) is 0 Å². The fourth-order valence-electron chi connectivity index (χ4n) is 2.13. The Labute approximate surface area is 107 Å². The van der Waals surface area contributed by atoms with Crippen molar-refractivity contribution < 1.29 is 4.79 Å². The van der Waals surface area contributed by atoms with Crippen LogP contribution in [-0.4, -0.2) is 5.91 Å². The summed E-state index contributed by atoms with van der Waals surface area (Å²) < 4.78 is 0. The predicted octanol–water partition coefficient (Wildman–Crippen LogP) is 3.25. The molecule has 0 aliphatic heterocycles. The minimum atomic E-state index is -0.371. The van der Waals surface area contributed by atoms with Crippen LogP contribution in [0.1, 0.15) is 39.9 Å². The number of nitrogens with two attached hydrogens (primary N) is 1. The van der Waals surface area contributed by atoms with Gasteiger partial charge in [0.1, 0.15) is 0 Å². The Bertz CT molecular complexity index is 558. The third kappa shape index (κ3) is 2.43. The average molecular weight is 239 g/mol. The summed E-state index contributed by atoms with van der Waals surface area (Å²) in [6.45, 7) is 4.15. The molecule has 2 rings (SSSR count). The fourth-order valence-corrected chi connectivity index (χ4v) is 2.13. The summed E-state index contributed by atoms with van der Waals surface area (Å²) in [5.41, 5.74) is 9.42. The predicted molar refractivity (Wildman–Crippen MR) is 73.7 cm³/mol. The van der Waals surface area contributed by atoms with E-state index >= 15 is 0 Å². The lowest BCUT2D eigenvalue weighted by atomic mass is 9.89. The molecule has 18 heavy (non-hydrogen) atoms. The van der Waals surface area contributed by atoms with Gasteiger partial charge in [-0.2, -0.15) is 0 Å². The number of benzene rings is 2. The summed E-state index contributed by atoms with van der Waals surface area (Å²) in [6.07, 6.45) is 0. The molecule has 1 amide bonds. The van der Waals surface area contributed by atoms with E-state index in [2.05, 4.69) is 38.1 Å². The van der Waals surface area contributed by atoms with Crippen LogP contribution in [0.4, 0.5) is 0 Å². The minimum Gasteiger partial charge on any atom is -0.366 e. The molecular formula is C16H17NO. The van der Waals surface area contributed by atoms with Crippen molar-refractivity contribution in [2.45, 2.75) is 19.8 Å². The van der Waals surface area contributed by atoms with Gasteiger partial charge in [-0.05, 0) is 24.1 Å². The zero-order chi connectivity index (χ0) is 13.1. The summed E-state index contributed by atoms with van der Waals surface area (Å²) in [7, 11) is 0. The molecule has 1 atom stereocenters. The number of rotatable bonds is 3. The highest BCUT2D eigenvalue weighted by Crippen LogP contribution is 2.26. The first-order valence-electron chi connectivity index (χ1n) is 6.05. The Morgan fingerprint density at radius 3 is 2.28 bits per heavy atom. The summed E-state index contributed by atoms with van der Waals surface area (Å²) in [4.78, 5) is 11.4. The van der Waals surface area contributed by atoms with Crippen LogP contribution in [-0.2, 0) is 0 Å². The Kier molecular flexibility index (Phi) is 3.47. The number of carbonyl (C=O) groups is 1. The summed E-state index contributed by atoms with van der Waals surface area (Å²) in [5, 5.41) is 0. The van der Waals surface area contributed by atoms with E-state index in [-0.39, 0.29) is 11.8 Å². The second-order valence-electron chi connectivity index (χ2n) is 4.58. The number of hydrogen-bond acceptors (Lipinski definition) is 1. The van der Waals surface area contributed by atoms with Crippen molar-refractivity contribution in [3.63, 3.8) is 0 Å². The van der Waals surface area contributed by atoms with Gasteiger partial charge in [0.2, 0.25) is 5.91 Å². The molecule has 0 saturated heterocycles. The van der Waals surface area contributed by atoms with E-state index in [1.807, 2.05) is 18.2 Å². The molecule has 2 N–H and O–H groups in total. The van der Waals surface area contributed by atoms with Crippen LogP contribution in [0.5, 0.6) is 0 Å². The van der Waals surface area contributed by atoms with Crippen molar-refractivity contribution in [1.29, 1.82) is 0 Å². The lowest BCUT2D eigenvalue weighted by Gasteiger charge is -2.15. The maximum absolute atomic E-state index is 11.4. The zero-order valence-electron chi connectivity index (χ0n) is 10.7. The lowest BCUT2D eigenvalue weighted by Crippen LogP contribution is -2.15. The van der Waals surface area contributed by atoms with Crippen LogP contribution in [0.25, 0.3) is 0 Å². The average Bonchev–Trinajstić information content (AvgIpc) is 2.39. The van der Waals surface area contributed by atoms with Gasteiger partial charge >= 0.3 is 0 Å². The molecule has 0 aliphatic carbocycles. The monoisotopic (exact) mass is 239 g/mol. The van der Waals surface area contributed by atoms with E-state index in [9.17, 15) is 4.79 Å². The molecule has 2 heteroatoms. The van der Waals surface area contributed by atoms with E-state index in [0.717, 1.165) is 5.56 Å². The highest BCUT2D eigenvalue weighted by atomic mass is 16.1. The molecule has 0 aromatic heterocycles. The van der Waals surface area contributed by atoms with Crippen molar-refractivity contribution in [1.82, 2.24) is 0 Å². The number of primary amides is 1. The van der Waals surface area contributed by atoms with Crippen molar-refractivity contribution >= 4 is 5.91 Å². The van der Waals surface area contributed by atoms with Gasteiger partial charge in [0.25, 0.3) is 0 Å². The van der Waals surface area contributed by atoms with Crippen molar-refractivity contribution in [3.05, 3.63) is 70.8 Å². The molecule has 0 aliphatic rings. The molecular weight excluding hydrogens is 222 g/mol. The van der Waals surface area contributed by atoms with Gasteiger partial charge < -0.3 is 5.73 Å². The third-order valence-electron chi connectivity index (χ3n) is 3.27. The van der Waals surface area contributed by atoms with E-state index in [4.69, 9.17) is 5.73 Å². The van der Waals surface area contributed by atoms with Crippen LogP contribution in [0.2, 0.25) is 0 Å². The summed E-state index contributed by atoms with van der Waals surface area (Å²) >= 11 is 0. The van der Waals surface area contributed by atoms with Crippen LogP contribution >= 0.6 is 0 Å². The quantitative estimate of drug-likeness (QED) is 0.877. The van der Waals surface area contributed by atoms with Gasteiger partial charge in [-0.3, -0.25) is 4.79 Å². The van der Waals surface area contributed by atoms with Crippen molar-refractivity contribution in [2.75, 3.05) is 0 Å². The molecule has 0 saturated carbocycles. The highest BCUT2D eigenvalue weighted by Gasteiger charge is 2.14. The minimum absolute atomic E-state index is 0.161. The van der Waals surface area contributed by atoms with E-state index in [0.29, 0.717) is 5.56 Å². The van der Waals surface area contributed by atoms with E-state index < -0.39 is 0 Å². The number of amides is 1. The Morgan fingerprint density at radius 1 is 1.06 bits per heavy atom. The Hall–Kier alpha value is -2.09. The Morgan fingerprint density at radius 2 is 1.67 bits per heavy atom. The van der Waals surface area contributed by atoms with E-state index in [1.54, 1.807) is 6.07 Å². The van der Waals surface area contributed by atoms with Gasteiger partial charge in [0.15, 0.2) is 0 Å². The van der Waals surface area contributed by atoms with Crippen LogP contribution in [0, 0.1) is 6.92 Å². The number of carbonyl (C=O) groups excluding carboxylic acids is 1. The van der Waals surface area contributed by atoms with Crippen LogP contribution in [0.15, 0.2) is 48.5 Å². The highest BCUT2D eigenvalue weighted by molar-refractivity contribution is 5.94. The first-order valence-corrected chi connectivity index (χ1v) is 6.05. The van der Waals surface area contributed by atoms with Gasteiger partial charge in [0, 0.05) is 11.5 Å². The second-order valence-corrected chi connectivity index (χ2v) is 4.58. The third-order valence-corrected chi connectivity index (χ3v) is 3.27. The molecule has 2 aromatic rings. The largest absolute Gasteiger partial charge is 0.366 e. The fraction of sp³-hybridized carbons (Fsp3) is 0.188. The standard InChI is InChI=1S/C16H17NO/c1-11-7-9-13(10-8-11)12(2)14-5-3-4-6-15(14)16(17)18/h3-10,12H,1-2H3,(H2,17,18)/t12-/m0/s1. The molecule has 0 spiro atoms. The normalized spacial score (nSPS) is 12.1.